The molecule has 0 unspecified atom stereocenters. The van der Waals surface area contributed by atoms with Crippen molar-refractivity contribution in [1.82, 2.24) is 0 Å². The fourth-order valence-corrected chi connectivity index (χ4v) is 4.08. The number of carbonyl (C=O) groups is 2. The number of benzene rings is 4. The zero-order chi connectivity index (χ0) is 21.3. The van der Waals surface area contributed by atoms with Crippen LogP contribution in [-0.2, 0) is 4.79 Å². The first kappa shape index (κ1) is 20.3. The SMILES string of the molecule is O=COc1ccc2c(-c3ccc(Br)cc3)c(C(=O)O)ccc2c1-c1ccc(Br)cc1. The summed E-state index contributed by atoms with van der Waals surface area (Å²) >= 11 is 6.85. The average Bonchev–Trinajstić information content (AvgIpc) is 2.74. The minimum absolute atomic E-state index is 0.204. The first-order chi connectivity index (χ1) is 14.5. The van der Waals surface area contributed by atoms with Gasteiger partial charge in [0.2, 0.25) is 0 Å². The molecule has 0 saturated heterocycles. The number of ether oxygens (including phenoxy) is 1. The van der Waals surface area contributed by atoms with Crippen LogP contribution in [0.3, 0.4) is 0 Å². The van der Waals surface area contributed by atoms with Gasteiger partial charge in [0.1, 0.15) is 5.75 Å². The molecule has 0 aliphatic rings. The minimum Gasteiger partial charge on any atom is -0.478 e. The Morgan fingerprint density at radius 3 is 1.77 bits per heavy atom. The Morgan fingerprint density at radius 2 is 1.23 bits per heavy atom. The molecule has 0 saturated carbocycles. The zero-order valence-electron chi connectivity index (χ0n) is 15.4. The molecule has 0 radical (unpaired) electrons. The molecule has 6 heteroatoms. The summed E-state index contributed by atoms with van der Waals surface area (Å²) in [7, 11) is 0. The van der Waals surface area contributed by atoms with E-state index in [1.807, 2.05) is 48.5 Å². The van der Waals surface area contributed by atoms with Gasteiger partial charge in [-0.3, -0.25) is 4.79 Å². The van der Waals surface area contributed by atoms with Gasteiger partial charge in [-0.05, 0) is 64.4 Å². The summed E-state index contributed by atoms with van der Waals surface area (Å²) in [5, 5.41) is 11.4. The van der Waals surface area contributed by atoms with Crippen molar-refractivity contribution in [3.63, 3.8) is 0 Å². The number of hydrogen-bond donors (Lipinski definition) is 1. The fourth-order valence-electron chi connectivity index (χ4n) is 3.56. The van der Waals surface area contributed by atoms with E-state index < -0.39 is 5.97 Å². The van der Waals surface area contributed by atoms with E-state index in [-0.39, 0.29) is 5.56 Å². The summed E-state index contributed by atoms with van der Waals surface area (Å²) in [4.78, 5) is 23.1. The van der Waals surface area contributed by atoms with Crippen LogP contribution in [0.1, 0.15) is 10.4 Å². The van der Waals surface area contributed by atoms with Crippen LogP contribution in [0.15, 0.2) is 81.7 Å². The Balaban J connectivity index is 2.10. The normalized spacial score (nSPS) is 10.7. The minimum atomic E-state index is -1.01. The Bertz CT molecular complexity index is 1260. The van der Waals surface area contributed by atoms with Gasteiger partial charge in [-0.2, -0.15) is 0 Å². The quantitative estimate of drug-likeness (QED) is 0.287. The highest BCUT2D eigenvalue weighted by molar-refractivity contribution is 9.10. The summed E-state index contributed by atoms with van der Waals surface area (Å²) in [6.45, 7) is 0.394. The van der Waals surface area contributed by atoms with E-state index >= 15 is 0 Å². The second-order valence-electron chi connectivity index (χ2n) is 6.55. The van der Waals surface area contributed by atoms with Crippen LogP contribution in [0.5, 0.6) is 5.75 Å². The number of aromatic carboxylic acids is 1. The van der Waals surface area contributed by atoms with Crippen LogP contribution in [0.4, 0.5) is 0 Å². The van der Waals surface area contributed by atoms with Crippen LogP contribution < -0.4 is 4.74 Å². The molecule has 0 aliphatic heterocycles. The number of carboxylic acids is 1. The Kier molecular flexibility index (Phi) is 5.70. The molecular weight excluding hydrogens is 512 g/mol. The molecule has 0 fully saturated rings. The van der Waals surface area contributed by atoms with Crippen molar-refractivity contribution >= 4 is 55.1 Å². The molecule has 0 aliphatic carbocycles. The molecule has 4 nitrogen and oxygen atoms in total. The molecule has 0 bridgehead atoms. The lowest BCUT2D eigenvalue weighted by Gasteiger charge is -2.16. The van der Waals surface area contributed by atoms with Crippen LogP contribution in [0.25, 0.3) is 33.0 Å². The van der Waals surface area contributed by atoms with Gasteiger partial charge in [-0.25, -0.2) is 4.79 Å². The molecule has 4 rings (SSSR count). The third-order valence-corrected chi connectivity index (χ3v) is 5.89. The van der Waals surface area contributed by atoms with Crippen molar-refractivity contribution in [3.8, 4) is 28.0 Å². The van der Waals surface area contributed by atoms with Crippen molar-refractivity contribution in [2.24, 2.45) is 0 Å². The maximum absolute atomic E-state index is 12.0. The van der Waals surface area contributed by atoms with Crippen molar-refractivity contribution < 1.29 is 19.4 Å². The number of carboxylic acid groups (broad SMARTS) is 1. The van der Waals surface area contributed by atoms with Gasteiger partial charge in [0.25, 0.3) is 6.47 Å². The van der Waals surface area contributed by atoms with Crippen LogP contribution in [0.2, 0.25) is 0 Å². The molecule has 1 N–H and O–H groups in total. The van der Waals surface area contributed by atoms with Crippen molar-refractivity contribution in [2.75, 3.05) is 0 Å². The van der Waals surface area contributed by atoms with Crippen molar-refractivity contribution in [2.45, 2.75) is 0 Å². The van der Waals surface area contributed by atoms with E-state index in [0.717, 1.165) is 36.4 Å². The number of carbonyl (C=O) groups excluding carboxylic acids is 1. The van der Waals surface area contributed by atoms with E-state index in [1.165, 1.54) is 0 Å². The molecule has 0 heterocycles. The average molecular weight is 526 g/mol. The van der Waals surface area contributed by atoms with Gasteiger partial charge in [0, 0.05) is 20.1 Å². The summed E-state index contributed by atoms with van der Waals surface area (Å²) < 4.78 is 7.08. The van der Waals surface area contributed by atoms with E-state index in [1.54, 1.807) is 24.3 Å². The van der Waals surface area contributed by atoms with E-state index in [2.05, 4.69) is 31.9 Å². The number of fused-ring (bicyclic) bond motifs is 1. The third kappa shape index (κ3) is 3.76. The summed E-state index contributed by atoms with van der Waals surface area (Å²) in [5.74, 6) is -0.599. The third-order valence-electron chi connectivity index (χ3n) is 4.83. The number of rotatable bonds is 5. The van der Waals surface area contributed by atoms with Crippen LogP contribution in [-0.4, -0.2) is 17.5 Å². The monoisotopic (exact) mass is 524 g/mol. The van der Waals surface area contributed by atoms with Gasteiger partial charge in [0.05, 0.1) is 5.56 Å². The highest BCUT2D eigenvalue weighted by atomic mass is 79.9. The first-order valence-electron chi connectivity index (χ1n) is 8.95. The van der Waals surface area contributed by atoms with Gasteiger partial charge in [-0.15, -0.1) is 0 Å². The maximum Gasteiger partial charge on any atom is 0.336 e. The molecule has 0 atom stereocenters. The predicted molar refractivity (Wildman–Crippen MR) is 124 cm³/mol. The molecule has 0 aromatic heterocycles. The molecule has 4 aromatic carbocycles. The summed E-state index contributed by atoms with van der Waals surface area (Å²) in [5.41, 5.74) is 3.18. The molecule has 148 valence electrons. The Hall–Kier alpha value is -2.96. The van der Waals surface area contributed by atoms with Gasteiger partial charge < -0.3 is 9.84 Å². The van der Waals surface area contributed by atoms with Crippen LogP contribution >= 0.6 is 31.9 Å². The molecule has 4 aromatic rings. The van der Waals surface area contributed by atoms with Gasteiger partial charge >= 0.3 is 5.97 Å². The topological polar surface area (TPSA) is 63.6 Å². The highest BCUT2D eigenvalue weighted by Crippen LogP contribution is 2.42. The standard InChI is InChI=1S/C24H14Br2O4/c25-16-5-1-14(2-6-16)22-18-11-12-21(30-13-27)23(15-3-7-17(26)8-4-15)19(18)9-10-20(22)24(28)29/h1-13H,(H,28,29). The van der Waals surface area contributed by atoms with Gasteiger partial charge in [-0.1, -0.05) is 62.2 Å². The molecule has 0 amide bonds. The lowest BCUT2D eigenvalue weighted by molar-refractivity contribution is -0.120. The van der Waals surface area contributed by atoms with Crippen molar-refractivity contribution in [3.05, 3.63) is 87.3 Å². The van der Waals surface area contributed by atoms with E-state index in [4.69, 9.17) is 4.74 Å². The fraction of sp³-hybridized carbons (Fsp3) is 0. The zero-order valence-corrected chi connectivity index (χ0v) is 18.6. The number of hydrogen-bond acceptors (Lipinski definition) is 3. The Morgan fingerprint density at radius 1 is 0.733 bits per heavy atom. The Labute approximate surface area is 189 Å². The highest BCUT2D eigenvalue weighted by Gasteiger charge is 2.19. The van der Waals surface area contributed by atoms with E-state index in [9.17, 15) is 14.7 Å². The molecular formula is C24H14Br2O4. The molecule has 30 heavy (non-hydrogen) atoms. The molecule has 0 spiro atoms. The lowest BCUT2D eigenvalue weighted by Crippen LogP contribution is -2.01. The number of halogens is 2. The van der Waals surface area contributed by atoms with Crippen molar-refractivity contribution in [1.29, 1.82) is 0 Å². The predicted octanol–water partition coefficient (Wildman–Crippen LogP) is 6.93. The first-order valence-corrected chi connectivity index (χ1v) is 10.5. The summed E-state index contributed by atoms with van der Waals surface area (Å²) in [6, 6.07) is 22.0. The maximum atomic E-state index is 12.0. The second kappa shape index (κ2) is 8.42. The van der Waals surface area contributed by atoms with Crippen LogP contribution in [0, 0.1) is 0 Å². The lowest BCUT2D eigenvalue weighted by atomic mass is 9.89. The van der Waals surface area contributed by atoms with Gasteiger partial charge in [0.15, 0.2) is 0 Å². The second-order valence-corrected chi connectivity index (χ2v) is 8.39. The largest absolute Gasteiger partial charge is 0.478 e. The van der Waals surface area contributed by atoms with E-state index in [0.29, 0.717) is 17.8 Å². The smallest absolute Gasteiger partial charge is 0.336 e. The summed E-state index contributed by atoms with van der Waals surface area (Å²) in [6.07, 6.45) is 0.